The van der Waals surface area contributed by atoms with E-state index in [-0.39, 0.29) is 11.0 Å². The van der Waals surface area contributed by atoms with Crippen molar-refractivity contribution in [2.24, 2.45) is 0 Å². The van der Waals surface area contributed by atoms with Crippen LogP contribution in [0, 0.1) is 0 Å². The van der Waals surface area contributed by atoms with Crippen molar-refractivity contribution >= 4 is 17.3 Å². The van der Waals surface area contributed by atoms with Crippen molar-refractivity contribution in [3.05, 3.63) is 64.7 Å². The van der Waals surface area contributed by atoms with Gasteiger partial charge in [-0.15, -0.1) is 0 Å². The summed E-state index contributed by atoms with van der Waals surface area (Å²) >= 11 is 6.38. The summed E-state index contributed by atoms with van der Waals surface area (Å²) in [6, 6.07) is 17.3. The Morgan fingerprint density at radius 1 is 1.04 bits per heavy atom. The van der Waals surface area contributed by atoms with Gasteiger partial charge in [-0.25, -0.2) is 0 Å². The van der Waals surface area contributed by atoms with Gasteiger partial charge in [-0.1, -0.05) is 41.9 Å². The van der Waals surface area contributed by atoms with E-state index in [9.17, 15) is 0 Å². The average Bonchev–Trinajstić information content (AvgIpc) is 3.11. The third-order valence-corrected chi connectivity index (χ3v) is 6.01. The fraction of sp³-hybridized carbons (Fsp3) is 0.455. The van der Waals surface area contributed by atoms with Gasteiger partial charge in [0.25, 0.3) is 0 Å². The zero-order chi connectivity index (χ0) is 17.7. The van der Waals surface area contributed by atoms with Gasteiger partial charge >= 0.3 is 0 Å². The number of rotatable bonds is 2. The summed E-state index contributed by atoms with van der Waals surface area (Å²) in [5, 5.41) is 0.857. The Bertz CT molecular complexity index is 765. The van der Waals surface area contributed by atoms with E-state index in [1.165, 1.54) is 23.2 Å². The first-order chi connectivity index (χ1) is 11.9. The molecule has 1 atom stereocenters. The third-order valence-electron chi connectivity index (χ3n) is 5.77. The maximum atomic E-state index is 6.38. The highest BCUT2D eigenvalue weighted by molar-refractivity contribution is 6.30. The van der Waals surface area contributed by atoms with Crippen LogP contribution in [0.1, 0.15) is 38.3 Å². The minimum Gasteiger partial charge on any atom is -0.366 e. The lowest BCUT2D eigenvalue weighted by atomic mass is 9.81. The van der Waals surface area contributed by atoms with Crippen molar-refractivity contribution in [3.63, 3.8) is 0 Å². The first-order valence-corrected chi connectivity index (χ1v) is 9.59. The molecule has 0 aromatic heterocycles. The maximum absolute atomic E-state index is 6.38. The van der Waals surface area contributed by atoms with Crippen LogP contribution in [0.2, 0.25) is 5.02 Å². The number of anilines is 1. The third kappa shape index (κ3) is 3.07. The molecule has 2 aromatic rings. The molecule has 132 valence electrons. The molecule has 1 saturated heterocycles. The summed E-state index contributed by atoms with van der Waals surface area (Å²) in [6.07, 6.45) is 1.21. The van der Waals surface area contributed by atoms with Crippen molar-refractivity contribution in [2.75, 3.05) is 24.5 Å². The molecule has 0 amide bonds. The molecule has 4 rings (SSSR count). The zero-order valence-electron chi connectivity index (χ0n) is 15.4. The van der Waals surface area contributed by atoms with E-state index in [0.717, 1.165) is 31.2 Å². The Balaban J connectivity index is 1.63. The van der Waals surface area contributed by atoms with Crippen LogP contribution in [0.3, 0.4) is 0 Å². The van der Waals surface area contributed by atoms with Crippen molar-refractivity contribution in [1.29, 1.82) is 0 Å². The molecule has 2 heterocycles. The highest BCUT2D eigenvalue weighted by Crippen LogP contribution is 2.49. The second-order valence-electron chi connectivity index (χ2n) is 8.65. The van der Waals surface area contributed by atoms with E-state index in [0.29, 0.717) is 0 Å². The summed E-state index contributed by atoms with van der Waals surface area (Å²) in [7, 11) is 0. The van der Waals surface area contributed by atoms with Crippen LogP contribution in [0.15, 0.2) is 48.5 Å². The fourth-order valence-electron chi connectivity index (χ4n) is 4.52. The normalized spacial score (nSPS) is 23.4. The number of halogens is 1. The van der Waals surface area contributed by atoms with Gasteiger partial charge in [0.15, 0.2) is 0 Å². The lowest BCUT2D eigenvalue weighted by Gasteiger charge is -2.36. The fourth-order valence-corrected chi connectivity index (χ4v) is 4.70. The van der Waals surface area contributed by atoms with Crippen LogP contribution in [0.25, 0.3) is 0 Å². The molecule has 2 aliphatic heterocycles. The smallest absolute Gasteiger partial charge is 0.0411 e. The van der Waals surface area contributed by atoms with Crippen LogP contribution in [-0.4, -0.2) is 30.1 Å². The number of likely N-dealkylation sites (tertiary alicyclic amines) is 1. The minimum atomic E-state index is 0.124. The van der Waals surface area contributed by atoms with Gasteiger partial charge in [0.1, 0.15) is 0 Å². The van der Waals surface area contributed by atoms with Gasteiger partial charge in [-0.3, -0.25) is 4.90 Å². The van der Waals surface area contributed by atoms with E-state index in [4.69, 9.17) is 11.6 Å². The standard InChI is InChI=1S/C22H27ClN2/c1-21(2,3)25-16-22(19-13-18(23)9-10-20(19)25)11-12-24(15-22)14-17-7-5-4-6-8-17/h4-10,13H,11-12,14-16H2,1-3H3/t22-/m0/s1. The summed E-state index contributed by atoms with van der Waals surface area (Å²) < 4.78 is 0. The topological polar surface area (TPSA) is 6.48 Å². The van der Waals surface area contributed by atoms with Crippen LogP contribution in [0.5, 0.6) is 0 Å². The molecular formula is C22H27ClN2. The van der Waals surface area contributed by atoms with Gasteiger partial charge in [0.05, 0.1) is 0 Å². The van der Waals surface area contributed by atoms with Gasteiger partial charge in [-0.05, 0) is 63.1 Å². The number of benzene rings is 2. The lowest BCUT2D eigenvalue weighted by Crippen LogP contribution is -2.45. The second kappa shape index (κ2) is 6.03. The molecular weight excluding hydrogens is 328 g/mol. The largest absolute Gasteiger partial charge is 0.366 e. The van der Waals surface area contributed by atoms with Gasteiger partial charge in [0.2, 0.25) is 0 Å². The van der Waals surface area contributed by atoms with Crippen LogP contribution < -0.4 is 4.90 Å². The van der Waals surface area contributed by atoms with Crippen LogP contribution in [0.4, 0.5) is 5.69 Å². The molecule has 0 saturated carbocycles. The summed E-state index contributed by atoms with van der Waals surface area (Å²) in [5.74, 6) is 0. The summed E-state index contributed by atoms with van der Waals surface area (Å²) in [6.45, 7) is 11.3. The quantitative estimate of drug-likeness (QED) is 0.740. The molecule has 0 bridgehead atoms. The first-order valence-electron chi connectivity index (χ1n) is 9.21. The van der Waals surface area contributed by atoms with Crippen molar-refractivity contribution in [1.82, 2.24) is 4.90 Å². The summed E-state index contributed by atoms with van der Waals surface area (Å²) in [4.78, 5) is 5.18. The van der Waals surface area contributed by atoms with Crippen LogP contribution in [-0.2, 0) is 12.0 Å². The van der Waals surface area contributed by atoms with Crippen LogP contribution >= 0.6 is 11.6 Å². The Morgan fingerprint density at radius 2 is 1.80 bits per heavy atom. The Labute approximate surface area is 156 Å². The highest BCUT2D eigenvalue weighted by Gasteiger charge is 2.49. The average molecular weight is 355 g/mol. The predicted octanol–water partition coefficient (Wildman–Crippen LogP) is 5.10. The highest BCUT2D eigenvalue weighted by atomic mass is 35.5. The molecule has 0 N–H and O–H groups in total. The molecule has 2 nitrogen and oxygen atoms in total. The van der Waals surface area contributed by atoms with E-state index >= 15 is 0 Å². The summed E-state index contributed by atoms with van der Waals surface area (Å²) in [5.41, 5.74) is 4.56. The molecule has 3 heteroatoms. The lowest BCUT2D eigenvalue weighted by molar-refractivity contribution is 0.303. The molecule has 25 heavy (non-hydrogen) atoms. The number of hydrogen-bond donors (Lipinski definition) is 0. The zero-order valence-corrected chi connectivity index (χ0v) is 16.2. The molecule has 0 aliphatic carbocycles. The molecule has 0 radical (unpaired) electrons. The van der Waals surface area contributed by atoms with E-state index in [1.807, 2.05) is 6.07 Å². The Kier molecular flexibility index (Phi) is 4.09. The van der Waals surface area contributed by atoms with Gasteiger partial charge in [0, 0.05) is 41.3 Å². The molecule has 2 aliphatic rings. The predicted molar refractivity (Wildman–Crippen MR) is 107 cm³/mol. The van der Waals surface area contributed by atoms with E-state index in [2.05, 4.69) is 73.0 Å². The minimum absolute atomic E-state index is 0.124. The molecule has 2 aromatic carbocycles. The van der Waals surface area contributed by atoms with Crippen molar-refractivity contribution < 1.29 is 0 Å². The van der Waals surface area contributed by atoms with Gasteiger partial charge < -0.3 is 4.90 Å². The van der Waals surface area contributed by atoms with Gasteiger partial charge in [-0.2, -0.15) is 0 Å². The number of nitrogens with zero attached hydrogens (tertiary/aromatic N) is 2. The number of fused-ring (bicyclic) bond motifs is 2. The van der Waals surface area contributed by atoms with Crippen molar-refractivity contribution in [3.8, 4) is 0 Å². The molecule has 1 spiro atoms. The first kappa shape index (κ1) is 16.9. The maximum Gasteiger partial charge on any atom is 0.0411 e. The SMILES string of the molecule is CC(C)(C)N1C[C@@]2(CCN(Cc3ccccc3)C2)c2cc(Cl)ccc21. The van der Waals surface area contributed by atoms with E-state index in [1.54, 1.807) is 0 Å². The Hall–Kier alpha value is -1.51. The molecule has 1 fully saturated rings. The molecule has 0 unspecified atom stereocenters. The number of hydrogen-bond acceptors (Lipinski definition) is 2. The monoisotopic (exact) mass is 354 g/mol. The Morgan fingerprint density at radius 3 is 2.52 bits per heavy atom. The second-order valence-corrected chi connectivity index (χ2v) is 9.08. The van der Waals surface area contributed by atoms with Crippen molar-refractivity contribution in [2.45, 2.75) is 44.7 Å². The van der Waals surface area contributed by atoms with E-state index < -0.39 is 0 Å².